The molecule has 0 aromatic heterocycles. The van der Waals surface area contributed by atoms with Gasteiger partial charge in [-0.15, -0.1) is 0 Å². The summed E-state index contributed by atoms with van der Waals surface area (Å²) in [7, 11) is -4.78. The van der Waals surface area contributed by atoms with Gasteiger partial charge >= 0.3 is 25.7 Å². The van der Waals surface area contributed by atoms with E-state index in [-0.39, 0.29) is 25.9 Å². The Kier molecular flexibility index (Phi) is 51.6. The van der Waals surface area contributed by atoms with Crippen molar-refractivity contribution in [1.82, 2.24) is 0 Å². The molecule has 0 amide bonds. The van der Waals surface area contributed by atoms with E-state index in [4.69, 9.17) is 23.3 Å². The van der Waals surface area contributed by atoms with Crippen molar-refractivity contribution in [2.45, 2.75) is 213 Å². The highest BCUT2D eigenvalue weighted by Gasteiger charge is 2.28. The van der Waals surface area contributed by atoms with Gasteiger partial charge in [-0.2, -0.15) is 0 Å². The summed E-state index contributed by atoms with van der Waals surface area (Å²) >= 11 is 0. The maximum Gasteiger partial charge on any atom is 0.472 e. The fraction of sp³-hybridized carbons (Fsp3) is 0.597. The molecule has 3 atom stereocenters. The van der Waals surface area contributed by atoms with Gasteiger partial charge < -0.3 is 24.2 Å². The van der Waals surface area contributed by atoms with Crippen LogP contribution in [0.5, 0.6) is 0 Å². The molecular weight excluding hydrogens is 952 g/mol. The zero-order valence-corrected chi connectivity index (χ0v) is 46.9. The molecule has 0 aromatic carbocycles. The second-order valence-electron chi connectivity index (χ2n) is 18.0. The average Bonchev–Trinajstić information content (AvgIpc) is 3.39. The third-order valence-corrected chi connectivity index (χ3v) is 12.0. The van der Waals surface area contributed by atoms with Crippen LogP contribution >= 0.6 is 7.82 Å². The summed E-state index contributed by atoms with van der Waals surface area (Å²) in [6.07, 6.45) is 68.5. The lowest BCUT2D eigenvalue weighted by molar-refractivity contribution is -0.161. The first-order valence-electron chi connectivity index (χ1n) is 28.1. The van der Waals surface area contributed by atoms with Gasteiger partial charge in [0.05, 0.1) is 19.8 Å². The minimum Gasteiger partial charge on any atom is -0.462 e. The van der Waals surface area contributed by atoms with E-state index >= 15 is 0 Å². The molecule has 0 bridgehead atoms. The molecule has 0 aliphatic carbocycles. The molecule has 0 aliphatic heterocycles. The molecule has 0 spiro atoms. The van der Waals surface area contributed by atoms with E-state index in [1.807, 2.05) is 6.08 Å². The second kappa shape index (κ2) is 54.9. The van der Waals surface area contributed by atoms with Gasteiger partial charge in [0.25, 0.3) is 0 Å². The number of phosphoric ester groups is 1. The highest BCUT2D eigenvalue weighted by Crippen LogP contribution is 2.43. The molecule has 74 heavy (non-hydrogen) atoms. The van der Waals surface area contributed by atoms with Crippen LogP contribution in [0.3, 0.4) is 0 Å². The number of ether oxygens (including phenoxy) is 3. The predicted octanol–water partition coefficient (Wildman–Crippen LogP) is 16.6. The second-order valence-corrected chi connectivity index (χ2v) is 19.4. The third-order valence-electron chi connectivity index (χ3n) is 11.0. The number of unbranched alkanes of at least 4 members (excludes halogenated alkanes) is 11. The Morgan fingerprint density at radius 3 is 1.15 bits per heavy atom. The van der Waals surface area contributed by atoms with E-state index in [9.17, 15) is 28.9 Å². The molecule has 0 saturated carbocycles. The molecule has 0 fully saturated rings. The van der Waals surface area contributed by atoms with Crippen LogP contribution in [-0.2, 0) is 42.2 Å². The van der Waals surface area contributed by atoms with Crippen LogP contribution < -0.4 is 0 Å². The van der Waals surface area contributed by atoms with Crippen LogP contribution in [0, 0.1) is 0 Å². The lowest BCUT2D eigenvalue weighted by atomic mass is 10.1. The van der Waals surface area contributed by atoms with E-state index in [0.717, 1.165) is 116 Å². The number of carbonyl (C=O) groups excluding carboxylic acids is 3. The minimum absolute atomic E-state index is 0.0945. The number of esters is 3. The SMILES string of the molecule is CC/C=C\C/C=C\C/C=C\C/C=C\C/C=C\CCCC(=O)OCC(COP(=O)(O)OCC(CO)OC(=O)CCCCCCC/C=C\C/C=C\CCCCC)OC(=O)CCCC/C=C\C/C=C\C/C=C\C/C=C\CC. The normalized spacial score (nSPS) is 14.4. The topological polar surface area (TPSA) is 155 Å². The van der Waals surface area contributed by atoms with Gasteiger partial charge in [0.15, 0.2) is 6.10 Å². The van der Waals surface area contributed by atoms with Crippen molar-refractivity contribution in [2.24, 2.45) is 0 Å². The van der Waals surface area contributed by atoms with Crippen molar-refractivity contribution >= 4 is 25.7 Å². The van der Waals surface area contributed by atoms with Crippen LogP contribution in [0.1, 0.15) is 201 Å². The number of aliphatic hydroxyl groups excluding tert-OH is 1. The van der Waals surface area contributed by atoms with E-state index in [1.165, 1.54) is 19.3 Å². The van der Waals surface area contributed by atoms with Crippen LogP contribution in [0.15, 0.2) is 134 Å². The number of rotatable bonds is 50. The standard InChI is InChI=1S/C62H99O11P/c1-4-7-10-13-16-19-22-25-28-29-32-33-36-39-42-45-48-51-60(64)69-55-59(73-62(66)53-50-47-44-41-38-35-31-27-24-21-18-15-12-9-6-3)57-71-74(67,68)70-56-58(54-63)72-61(65)52-49-46-43-40-37-34-30-26-23-20-17-14-11-8-5-2/h7,9-10,12,16-21,25-28,30-33,38-39,41-42,58-59,63H,4-6,8,11,13-15,22-24,29,34-37,40,43-57H2,1-3H3,(H,67,68)/b10-7-,12-9-,19-16-,20-17-,21-18-,28-25-,30-26-,31-27-,33-32-,41-38-,42-39-. The molecule has 11 nitrogen and oxygen atoms in total. The Bertz CT molecular complexity index is 1750. The molecule has 12 heteroatoms. The van der Waals surface area contributed by atoms with Crippen molar-refractivity contribution in [1.29, 1.82) is 0 Å². The van der Waals surface area contributed by atoms with E-state index in [0.29, 0.717) is 25.7 Å². The zero-order chi connectivity index (χ0) is 54.1. The first kappa shape index (κ1) is 69.6. The Labute approximate surface area is 449 Å². The molecule has 0 rings (SSSR count). The quantitative estimate of drug-likeness (QED) is 0.0197. The fourth-order valence-corrected chi connectivity index (χ4v) is 7.61. The van der Waals surface area contributed by atoms with Gasteiger partial charge in [-0.3, -0.25) is 23.4 Å². The van der Waals surface area contributed by atoms with E-state index in [2.05, 4.69) is 148 Å². The van der Waals surface area contributed by atoms with Gasteiger partial charge in [-0.25, -0.2) is 4.57 Å². The molecule has 0 heterocycles. The first-order valence-corrected chi connectivity index (χ1v) is 29.6. The largest absolute Gasteiger partial charge is 0.472 e. The maximum atomic E-state index is 12.9. The van der Waals surface area contributed by atoms with Crippen molar-refractivity contribution in [2.75, 3.05) is 26.4 Å². The molecule has 418 valence electrons. The molecule has 0 saturated heterocycles. The highest BCUT2D eigenvalue weighted by molar-refractivity contribution is 7.47. The summed E-state index contributed by atoms with van der Waals surface area (Å²) in [5.74, 6) is -1.62. The van der Waals surface area contributed by atoms with E-state index in [1.54, 1.807) is 0 Å². The summed E-state index contributed by atoms with van der Waals surface area (Å²) in [6.45, 7) is 4.23. The molecule has 0 aliphatic rings. The van der Waals surface area contributed by atoms with Gasteiger partial charge in [-0.1, -0.05) is 187 Å². The van der Waals surface area contributed by atoms with Gasteiger partial charge in [0.1, 0.15) is 12.7 Å². The zero-order valence-electron chi connectivity index (χ0n) is 46.0. The number of hydrogen-bond acceptors (Lipinski definition) is 10. The summed E-state index contributed by atoms with van der Waals surface area (Å²) < 4.78 is 39.4. The van der Waals surface area contributed by atoms with Crippen molar-refractivity contribution in [3.8, 4) is 0 Å². The van der Waals surface area contributed by atoms with Crippen molar-refractivity contribution in [3.05, 3.63) is 134 Å². The Hall–Kier alpha value is -4.38. The smallest absolute Gasteiger partial charge is 0.462 e. The predicted molar refractivity (Wildman–Crippen MR) is 306 cm³/mol. The number of hydrogen-bond donors (Lipinski definition) is 2. The van der Waals surface area contributed by atoms with Gasteiger partial charge in [-0.05, 0) is 128 Å². The molecule has 3 unspecified atom stereocenters. The fourth-order valence-electron chi connectivity index (χ4n) is 6.82. The number of carbonyl (C=O) groups is 3. The number of phosphoric acid groups is 1. The van der Waals surface area contributed by atoms with Crippen molar-refractivity contribution in [3.63, 3.8) is 0 Å². The van der Waals surface area contributed by atoms with E-state index < -0.39 is 57.8 Å². The molecular formula is C62H99O11P. The molecule has 0 aromatic rings. The monoisotopic (exact) mass is 1050 g/mol. The van der Waals surface area contributed by atoms with Gasteiger partial charge in [0, 0.05) is 19.3 Å². The van der Waals surface area contributed by atoms with Crippen molar-refractivity contribution < 1.29 is 52.2 Å². The lowest BCUT2D eigenvalue weighted by Gasteiger charge is -2.21. The van der Waals surface area contributed by atoms with Crippen LogP contribution in [0.2, 0.25) is 0 Å². The van der Waals surface area contributed by atoms with Crippen LogP contribution in [0.25, 0.3) is 0 Å². The summed E-state index contributed by atoms with van der Waals surface area (Å²) in [5, 5.41) is 9.81. The Balaban J connectivity index is 4.90. The Morgan fingerprint density at radius 2 is 0.716 bits per heavy atom. The highest BCUT2D eigenvalue weighted by atomic mass is 31.2. The minimum atomic E-state index is -4.78. The number of aliphatic hydroxyl groups is 1. The summed E-state index contributed by atoms with van der Waals surface area (Å²) in [4.78, 5) is 48.5. The average molecular weight is 1050 g/mol. The van der Waals surface area contributed by atoms with Gasteiger partial charge in [0.2, 0.25) is 0 Å². The summed E-state index contributed by atoms with van der Waals surface area (Å²) in [5.41, 5.74) is 0. The third kappa shape index (κ3) is 52.5. The number of allylic oxidation sites excluding steroid dienone is 22. The maximum absolute atomic E-state index is 12.9. The molecule has 0 radical (unpaired) electrons. The van der Waals surface area contributed by atoms with Crippen LogP contribution in [0.4, 0.5) is 0 Å². The lowest BCUT2D eigenvalue weighted by Crippen LogP contribution is -2.30. The van der Waals surface area contributed by atoms with Crippen LogP contribution in [-0.4, -0.2) is 66.5 Å². The Morgan fingerprint density at radius 1 is 0.392 bits per heavy atom. The summed E-state index contributed by atoms with van der Waals surface area (Å²) in [6, 6.07) is 0. The molecule has 2 N–H and O–H groups in total. The first-order chi connectivity index (χ1) is 36.2.